The largest absolute Gasteiger partial charge is 0.390 e. The van der Waals surface area contributed by atoms with Crippen molar-refractivity contribution in [2.75, 3.05) is 0 Å². The summed E-state index contributed by atoms with van der Waals surface area (Å²) in [6, 6.07) is 0. The van der Waals surface area contributed by atoms with E-state index in [1.165, 1.54) is 19.3 Å². The van der Waals surface area contributed by atoms with Crippen LogP contribution in [0.4, 0.5) is 0 Å². The first-order valence-corrected chi connectivity index (χ1v) is 6.11. The first-order chi connectivity index (χ1) is 6.39. The third kappa shape index (κ3) is 2.50. The molecule has 2 saturated carbocycles. The molecule has 2 atom stereocenters. The monoisotopic (exact) mass is 196 g/mol. The van der Waals surface area contributed by atoms with Crippen LogP contribution < -0.4 is 0 Å². The SMILES string of the molecule is CC1CC(C)(C)CC(O)(CC2CC2)C1. The highest BCUT2D eigenvalue weighted by Crippen LogP contribution is 2.49. The van der Waals surface area contributed by atoms with Crippen molar-refractivity contribution in [3.05, 3.63) is 0 Å². The van der Waals surface area contributed by atoms with Gasteiger partial charge in [-0.1, -0.05) is 33.6 Å². The van der Waals surface area contributed by atoms with Crippen molar-refractivity contribution in [2.24, 2.45) is 17.3 Å². The lowest BCUT2D eigenvalue weighted by atomic mass is 9.64. The van der Waals surface area contributed by atoms with Crippen LogP contribution in [0, 0.1) is 17.3 Å². The van der Waals surface area contributed by atoms with E-state index in [1.54, 1.807) is 0 Å². The summed E-state index contributed by atoms with van der Waals surface area (Å²) in [6.07, 6.45) is 7.11. The maximum atomic E-state index is 10.6. The van der Waals surface area contributed by atoms with Crippen LogP contribution in [0.3, 0.4) is 0 Å². The standard InChI is InChI=1S/C13H24O/c1-10-6-12(2,3)9-13(14,7-10)8-11-4-5-11/h10-11,14H,4-9H2,1-3H3. The summed E-state index contributed by atoms with van der Waals surface area (Å²) in [4.78, 5) is 0. The fraction of sp³-hybridized carbons (Fsp3) is 1.00. The van der Waals surface area contributed by atoms with Crippen molar-refractivity contribution in [1.82, 2.24) is 0 Å². The highest BCUT2D eigenvalue weighted by atomic mass is 16.3. The van der Waals surface area contributed by atoms with E-state index in [0.717, 1.165) is 25.2 Å². The Morgan fingerprint density at radius 3 is 2.36 bits per heavy atom. The van der Waals surface area contributed by atoms with Crippen LogP contribution in [0.2, 0.25) is 0 Å². The van der Waals surface area contributed by atoms with Crippen LogP contribution in [0.25, 0.3) is 0 Å². The van der Waals surface area contributed by atoms with Gasteiger partial charge in [0.15, 0.2) is 0 Å². The fourth-order valence-corrected chi connectivity index (χ4v) is 3.71. The molecule has 0 saturated heterocycles. The van der Waals surface area contributed by atoms with Crippen LogP contribution in [-0.4, -0.2) is 10.7 Å². The minimum Gasteiger partial charge on any atom is -0.390 e. The predicted octanol–water partition coefficient (Wildman–Crippen LogP) is 3.36. The average molecular weight is 196 g/mol. The number of rotatable bonds is 2. The van der Waals surface area contributed by atoms with Crippen molar-refractivity contribution in [3.8, 4) is 0 Å². The van der Waals surface area contributed by atoms with Gasteiger partial charge in [-0.25, -0.2) is 0 Å². The van der Waals surface area contributed by atoms with Gasteiger partial charge in [0.25, 0.3) is 0 Å². The van der Waals surface area contributed by atoms with Crippen molar-refractivity contribution in [1.29, 1.82) is 0 Å². The Labute approximate surface area is 87.9 Å². The van der Waals surface area contributed by atoms with Gasteiger partial charge >= 0.3 is 0 Å². The Morgan fingerprint density at radius 2 is 1.86 bits per heavy atom. The second-order valence-corrected chi connectivity index (χ2v) is 6.73. The molecular formula is C13H24O. The topological polar surface area (TPSA) is 20.2 Å². The summed E-state index contributed by atoms with van der Waals surface area (Å²) in [5, 5.41) is 10.6. The summed E-state index contributed by atoms with van der Waals surface area (Å²) in [7, 11) is 0. The summed E-state index contributed by atoms with van der Waals surface area (Å²) in [5.74, 6) is 1.54. The zero-order valence-corrected chi connectivity index (χ0v) is 9.84. The Balaban J connectivity index is 2.01. The predicted molar refractivity (Wildman–Crippen MR) is 59.1 cm³/mol. The maximum Gasteiger partial charge on any atom is 0.0658 e. The number of hydrogen-bond donors (Lipinski definition) is 1. The first-order valence-electron chi connectivity index (χ1n) is 6.11. The van der Waals surface area contributed by atoms with Crippen LogP contribution in [0.15, 0.2) is 0 Å². The minimum atomic E-state index is -0.331. The molecule has 82 valence electrons. The van der Waals surface area contributed by atoms with Crippen LogP contribution in [0.5, 0.6) is 0 Å². The molecule has 0 aromatic carbocycles. The third-order valence-corrected chi connectivity index (χ3v) is 3.80. The minimum absolute atomic E-state index is 0.331. The zero-order valence-electron chi connectivity index (χ0n) is 9.84. The van der Waals surface area contributed by atoms with Gasteiger partial charge in [0.05, 0.1) is 5.60 Å². The molecule has 1 N–H and O–H groups in total. The van der Waals surface area contributed by atoms with Crippen molar-refractivity contribution in [2.45, 2.75) is 64.9 Å². The van der Waals surface area contributed by atoms with Crippen LogP contribution in [0.1, 0.15) is 59.3 Å². The Kier molecular flexibility index (Phi) is 2.42. The van der Waals surface area contributed by atoms with E-state index in [1.807, 2.05) is 0 Å². The molecule has 0 aromatic heterocycles. The van der Waals surface area contributed by atoms with Crippen molar-refractivity contribution < 1.29 is 5.11 Å². The zero-order chi connectivity index (χ0) is 10.4. The van der Waals surface area contributed by atoms with E-state index in [0.29, 0.717) is 11.3 Å². The lowest BCUT2D eigenvalue weighted by molar-refractivity contribution is -0.0670. The molecule has 0 heterocycles. The highest BCUT2D eigenvalue weighted by molar-refractivity contribution is 4.96. The average Bonchev–Trinajstić information content (AvgIpc) is 2.62. The first kappa shape index (κ1) is 10.5. The second-order valence-electron chi connectivity index (χ2n) is 6.73. The molecule has 1 heteroatoms. The Bertz CT molecular complexity index is 213. The van der Waals surface area contributed by atoms with Gasteiger partial charge in [0, 0.05) is 0 Å². The molecule has 2 aliphatic rings. The molecule has 2 aliphatic carbocycles. The highest BCUT2D eigenvalue weighted by Gasteiger charge is 2.44. The van der Waals surface area contributed by atoms with E-state index in [-0.39, 0.29) is 5.60 Å². The van der Waals surface area contributed by atoms with Gasteiger partial charge in [0.2, 0.25) is 0 Å². The second kappa shape index (κ2) is 3.23. The van der Waals surface area contributed by atoms with Gasteiger partial charge in [-0.2, -0.15) is 0 Å². The van der Waals surface area contributed by atoms with E-state index in [4.69, 9.17) is 0 Å². The quantitative estimate of drug-likeness (QED) is 0.718. The molecule has 0 bridgehead atoms. The van der Waals surface area contributed by atoms with Gasteiger partial charge in [-0.3, -0.25) is 0 Å². The van der Waals surface area contributed by atoms with Gasteiger partial charge < -0.3 is 5.11 Å². The maximum absolute atomic E-state index is 10.6. The van der Waals surface area contributed by atoms with E-state index in [9.17, 15) is 5.11 Å². The summed E-state index contributed by atoms with van der Waals surface area (Å²) >= 11 is 0. The van der Waals surface area contributed by atoms with Gasteiger partial charge in [0.1, 0.15) is 0 Å². The summed E-state index contributed by atoms with van der Waals surface area (Å²) < 4.78 is 0. The van der Waals surface area contributed by atoms with E-state index < -0.39 is 0 Å². The van der Waals surface area contributed by atoms with Crippen molar-refractivity contribution >= 4 is 0 Å². The number of aliphatic hydroxyl groups is 1. The Morgan fingerprint density at radius 1 is 1.21 bits per heavy atom. The molecule has 0 amide bonds. The molecule has 2 fully saturated rings. The van der Waals surface area contributed by atoms with Gasteiger partial charge in [-0.05, 0) is 42.9 Å². The lowest BCUT2D eigenvalue weighted by Gasteiger charge is -2.45. The molecule has 0 radical (unpaired) electrons. The molecule has 0 spiro atoms. The lowest BCUT2D eigenvalue weighted by Crippen LogP contribution is -2.42. The van der Waals surface area contributed by atoms with E-state index in [2.05, 4.69) is 20.8 Å². The molecule has 2 rings (SSSR count). The summed E-state index contributed by atoms with van der Waals surface area (Å²) in [6.45, 7) is 6.90. The van der Waals surface area contributed by atoms with E-state index >= 15 is 0 Å². The van der Waals surface area contributed by atoms with Crippen molar-refractivity contribution in [3.63, 3.8) is 0 Å². The summed E-state index contributed by atoms with van der Waals surface area (Å²) in [5.41, 5.74) is 0.0175. The number of hydrogen-bond acceptors (Lipinski definition) is 1. The molecule has 1 nitrogen and oxygen atoms in total. The molecule has 0 aromatic rings. The fourth-order valence-electron chi connectivity index (χ4n) is 3.71. The molecule has 0 aliphatic heterocycles. The smallest absolute Gasteiger partial charge is 0.0658 e. The van der Waals surface area contributed by atoms with Gasteiger partial charge in [-0.15, -0.1) is 0 Å². The van der Waals surface area contributed by atoms with Crippen LogP contribution >= 0.6 is 0 Å². The molecule has 14 heavy (non-hydrogen) atoms. The van der Waals surface area contributed by atoms with Crippen LogP contribution in [-0.2, 0) is 0 Å². The normalized spacial score (nSPS) is 42.4. The molecular weight excluding hydrogens is 172 g/mol. The molecule has 2 unspecified atom stereocenters. The Hall–Kier alpha value is -0.0400. The third-order valence-electron chi connectivity index (χ3n) is 3.80.